The highest BCUT2D eigenvalue weighted by Gasteiger charge is 2.39. The summed E-state index contributed by atoms with van der Waals surface area (Å²) in [5.41, 5.74) is 2.74. The first kappa shape index (κ1) is 27.5. The molecule has 2 amide bonds. The van der Waals surface area contributed by atoms with Gasteiger partial charge in [-0.15, -0.1) is 12.4 Å². The molecule has 2 aromatic carbocycles. The van der Waals surface area contributed by atoms with Crippen molar-refractivity contribution in [1.29, 1.82) is 0 Å². The van der Waals surface area contributed by atoms with Crippen molar-refractivity contribution in [2.24, 2.45) is 0 Å². The van der Waals surface area contributed by atoms with Gasteiger partial charge in [0, 0.05) is 37.3 Å². The lowest BCUT2D eigenvalue weighted by molar-refractivity contribution is -0.135. The molecule has 3 saturated heterocycles. The molecule has 0 radical (unpaired) electrons. The average molecular weight is 552 g/mol. The van der Waals surface area contributed by atoms with E-state index in [-0.39, 0.29) is 36.3 Å². The SMILES string of the molecule is C[C@H]1CN(Cc2ccccc2)C(=O)[C@H](C)N1c1nc2c(C(=O)NC3CC4CCCC(C3)N4C)cccc2o1.Cl. The maximum atomic E-state index is 13.4. The standard InChI is InChI=1S/C30H37N5O3.ClH/c1-19-17-34(18-21-9-5-4-6-10-21)29(37)20(2)35(19)30-32-27-25(13-8-14-26(27)38-30)28(36)31-22-15-23-11-7-12-24(16-22)33(23)3;/h4-6,8-10,13-14,19-20,22-24H,7,11-12,15-18H2,1-3H3,(H,31,36);1H/t19-,20-,22?,23?,24?;/m0./s1. The lowest BCUT2D eigenvalue weighted by Gasteiger charge is -2.47. The maximum absolute atomic E-state index is 13.4. The van der Waals surface area contributed by atoms with Gasteiger partial charge in [0.05, 0.1) is 5.56 Å². The zero-order chi connectivity index (χ0) is 26.4. The number of benzene rings is 2. The summed E-state index contributed by atoms with van der Waals surface area (Å²) >= 11 is 0. The minimum atomic E-state index is -0.425. The molecule has 3 aliphatic heterocycles. The molecule has 1 aromatic heterocycles. The van der Waals surface area contributed by atoms with Crippen LogP contribution in [-0.2, 0) is 11.3 Å². The molecular weight excluding hydrogens is 514 g/mol. The van der Waals surface area contributed by atoms with Crippen molar-refractivity contribution in [3.8, 4) is 0 Å². The van der Waals surface area contributed by atoms with E-state index in [0.29, 0.717) is 47.9 Å². The van der Waals surface area contributed by atoms with E-state index in [4.69, 9.17) is 9.40 Å². The number of nitrogens with zero attached hydrogens (tertiary/aromatic N) is 4. The Labute approximate surface area is 236 Å². The number of rotatable bonds is 5. The second-order valence-electron chi connectivity index (χ2n) is 11.3. The minimum absolute atomic E-state index is 0. The third kappa shape index (κ3) is 5.24. The van der Waals surface area contributed by atoms with Gasteiger partial charge in [0.25, 0.3) is 11.9 Å². The first-order chi connectivity index (χ1) is 18.4. The van der Waals surface area contributed by atoms with E-state index in [2.05, 4.69) is 24.2 Å². The van der Waals surface area contributed by atoms with E-state index < -0.39 is 6.04 Å². The van der Waals surface area contributed by atoms with E-state index in [1.54, 1.807) is 0 Å². The molecule has 1 N–H and O–H groups in total. The Morgan fingerprint density at radius 2 is 1.77 bits per heavy atom. The number of piperidine rings is 2. The van der Waals surface area contributed by atoms with Gasteiger partial charge in [-0.05, 0) is 64.3 Å². The topological polar surface area (TPSA) is 81.9 Å². The molecule has 4 atom stereocenters. The molecule has 4 heterocycles. The summed E-state index contributed by atoms with van der Waals surface area (Å²) in [5.74, 6) is -0.0621. The predicted octanol–water partition coefficient (Wildman–Crippen LogP) is 4.62. The van der Waals surface area contributed by atoms with Crippen LogP contribution in [0.15, 0.2) is 52.9 Å². The van der Waals surface area contributed by atoms with Crippen molar-refractivity contribution < 1.29 is 14.0 Å². The molecule has 208 valence electrons. The largest absolute Gasteiger partial charge is 0.423 e. The number of hydrogen-bond donors (Lipinski definition) is 1. The van der Waals surface area contributed by atoms with Crippen LogP contribution in [0.1, 0.15) is 61.9 Å². The Morgan fingerprint density at radius 3 is 2.49 bits per heavy atom. The van der Waals surface area contributed by atoms with Crippen molar-refractivity contribution in [2.45, 2.75) is 82.7 Å². The molecule has 9 heteroatoms. The number of amides is 2. The molecule has 3 aliphatic rings. The van der Waals surface area contributed by atoms with E-state index in [1.807, 2.05) is 65.3 Å². The monoisotopic (exact) mass is 551 g/mol. The first-order valence-corrected chi connectivity index (χ1v) is 13.9. The van der Waals surface area contributed by atoms with E-state index >= 15 is 0 Å². The second-order valence-corrected chi connectivity index (χ2v) is 11.3. The number of hydrogen-bond acceptors (Lipinski definition) is 6. The number of aromatic nitrogens is 1. The van der Waals surface area contributed by atoms with E-state index in [9.17, 15) is 9.59 Å². The number of oxazole rings is 1. The summed E-state index contributed by atoms with van der Waals surface area (Å²) in [6.07, 6.45) is 5.66. The Bertz CT molecular complexity index is 1320. The first-order valence-electron chi connectivity index (χ1n) is 13.9. The fourth-order valence-electron chi connectivity index (χ4n) is 6.79. The van der Waals surface area contributed by atoms with Gasteiger partial charge in [0.2, 0.25) is 5.91 Å². The van der Waals surface area contributed by atoms with E-state index in [0.717, 1.165) is 18.4 Å². The van der Waals surface area contributed by atoms with Gasteiger partial charge in [0.1, 0.15) is 11.6 Å². The fourth-order valence-corrected chi connectivity index (χ4v) is 6.79. The lowest BCUT2D eigenvalue weighted by atomic mass is 9.82. The van der Waals surface area contributed by atoms with Crippen molar-refractivity contribution in [1.82, 2.24) is 20.1 Å². The molecular formula is C30H38ClN5O3. The molecule has 2 unspecified atom stereocenters. The van der Waals surface area contributed by atoms with Crippen LogP contribution >= 0.6 is 12.4 Å². The highest BCUT2D eigenvalue weighted by atomic mass is 35.5. The molecule has 3 fully saturated rings. The third-order valence-corrected chi connectivity index (χ3v) is 8.81. The van der Waals surface area contributed by atoms with Gasteiger partial charge >= 0.3 is 0 Å². The van der Waals surface area contributed by atoms with Crippen LogP contribution in [0.3, 0.4) is 0 Å². The number of para-hydroxylation sites is 1. The van der Waals surface area contributed by atoms with Crippen molar-refractivity contribution >= 4 is 41.3 Å². The number of halogens is 1. The summed E-state index contributed by atoms with van der Waals surface area (Å²) in [6, 6.07) is 16.8. The van der Waals surface area contributed by atoms with Crippen LogP contribution < -0.4 is 10.2 Å². The molecule has 3 aromatic rings. The summed E-state index contributed by atoms with van der Waals surface area (Å²) in [7, 11) is 2.22. The molecule has 0 spiro atoms. The molecule has 39 heavy (non-hydrogen) atoms. The predicted molar refractivity (Wildman–Crippen MR) is 154 cm³/mol. The van der Waals surface area contributed by atoms with Gasteiger partial charge in [-0.2, -0.15) is 4.98 Å². The van der Waals surface area contributed by atoms with Crippen molar-refractivity contribution in [3.05, 3.63) is 59.7 Å². The van der Waals surface area contributed by atoms with Crippen molar-refractivity contribution in [3.63, 3.8) is 0 Å². The van der Waals surface area contributed by atoms with Crippen LogP contribution in [-0.4, -0.2) is 70.4 Å². The molecule has 6 rings (SSSR count). The zero-order valence-corrected chi connectivity index (χ0v) is 23.7. The van der Waals surface area contributed by atoms with Crippen LogP contribution in [0.5, 0.6) is 0 Å². The van der Waals surface area contributed by atoms with E-state index in [1.165, 1.54) is 19.3 Å². The van der Waals surface area contributed by atoms with Crippen LogP contribution in [0.25, 0.3) is 11.1 Å². The number of carbonyl (C=O) groups is 2. The summed E-state index contributed by atoms with van der Waals surface area (Å²) in [6.45, 7) is 5.14. The minimum Gasteiger partial charge on any atom is -0.423 e. The number of carbonyl (C=O) groups excluding carboxylic acids is 2. The number of anilines is 1. The smallest absolute Gasteiger partial charge is 0.299 e. The zero-order valence-electron chi connectivity index (χ0n) is 22.9. The fraction of sp³-hybridized carbons (Fsp3) is 0.500. The normalized spacial score (nSPS) is 27.4. The number of piperazine rings is 1. The van der Waals surface area contributed by atoms with Gasteiger partial charge in [-0.25, -0.2) is 0 Å². The number of fused-ring (bicyclic) bond motifs is 3. The lowest BCUT2D eigenvalue weighted by Crippen LogP contribution is -2.60. The third-order valence-electron chi connectivity index (χ3n) is 8.81. The summed E-state index contributed by atoms with van der Waals surface area (Å²) in [5, 5.41) is 3.30. The summed E-state index contributed by atoms with van der Waals surface area (Å²) in [4.78, 5) is 37.9. The second kappa shape index (κ2) is 11.2. The van der Waals surface area contributed by atoms with Crippen LogP contribution in [0, 0.1) is 0 Å². The quantitative estimate of drug-likeness (QED) is 0.498. The average Bonchev–Trinajstić information content (AvgIpc) is 3.32. The summed E-state index contributed by atoms with van der Waals surface area (Å²) < 4.78 is 6.16. The Balaban J connectivity index is 0.00000308. The Hall–Kier alpha value is -3.10. The maximum Gasteiger partial charge on any atom is 0.299 e. The van der Waals surface area contributed by atoms with Crippen LogP contribution in [0.2, 0.25) is 0 Å². The highest BCUT2D eigenvalue weighted by Crippen LogP contribution is 2.34. The Kier molecular flexibility index (Phi) is 7.87. The molecule has 2 bridgehead atoms. The molecule has 0 aliphatic carbocycles. The number of nitrogens with one attached hydrogen (secondary N) is 1. The van der Waals surface area contributed by atoms with Gasteiger partial charge in [-0.1, -0.05) is 42.8 Å². The Morgan fingerprint density at radius 1 is 1.05 bits per heavy atom. The van der Waals surface area contributed by atoms with Gasteiger partial charge < -0.3 is 24.4 Å². The van der Waals surface area contributed by atoms with Gasteiger partial charge in [-0.3, -0.25) is 9.59 Å². The van der Waals surface area contributed by atoms with Crippen LogP contribution in [0.4, 0.5) is 6.01 Å². The highest BCUT2D eigenvalue weighted by molar-refractivity contribution is 6.05. The molecule has 0 saturated carbocycles. The van der Waals surface area contributed by atoms with Gasteiger partial charge in [0.15, 0.2) is 5.58 Å². The van der Waals surface area contributed by atoms with Crippen molar-refractivity contribution in [2.75, 3.05) is 18.5 Å². The molecule has 8 nitrogen and oxygen atoms in total.